The number of imidazole rings is 1. The van der Waals surface area contributed by atoms with Gasteiger partial charge in [-0.2, -0.15) is 0 Å². The molecule has 0 bridgehead atoms. The van der Waals surface area contributed by atoms with Gasteiger partial charge in [0.05, 0.1) is 17.6 Å². The van der Waals surface area contributed by atoms with E-state index >= 15 is 0 Å². The maximum atomic E-state index is 4.54. The van der Waals surface area contributed by atoms with Crippen molar-refractivity contribution in [3.8, 4) is 0 Å². The number of nitrogens with zero attached hydrogens (tertiary/aromatic N) is 1. The third-order valence-electron chi connectivity index (χ3n) is 3.03. The molecule has 0 saturated heterocycles. The Morgan fingerprint density at radius 1 is 1.06 bits per heavy atom. The Morgan fingerprint density at radius 3 is 2.67 bits per heavy atom. The molecule has 3 nitrogen and oxygen atoms in total. The molecule has 3 heteroatoms. The minimum Gasteiger partial charge on any atom is -0.378 e. The number of para-hydroxylation sites is 3. The minimum atomic E-state index is 0.708. The van der Waals surface area contributed by atoms with Gasteiger partial charge in [0, 0.05) is 5.69 Å². The maximum absolute atomic E-state index is 4.54. The van der Waals surface area contributed by atoms with Crippen molar-refractivity contribution in [1.82, 2.24) is 9.97 Å². The number of rotatable bonds is 3. The summed E-state index contributed by atoms with van der Waals surface area (Å²) >= 11 is 0. The van der Waals surface area contributed by atoms with E-state index < -0.39 is 0 Å². The van der Waals surface area contributed by atoms with Crippen LogP contribution in [-0.2, 0) is 6.54 Å². The van der Waals surface area contributed by atoms with Crippen LogP contribution in [-0.4, -0.2) is 9.97 Å². The fourth-order valence-corrected chi connectivity index (χ4v) is 2.04. The SMILES string of the molecule is Cc1ccccc1NCc1nc2ccccc2[nH]1. The molecular formula is C15H15N3. The number of nitrogens with one attached hydrogen (secondary N) is 2. The Bertz CT molecular complexity index is 637. The van der Waals surface area contributed by atoms with Gasteiger partial charge in [0.1, 0.15) is 5.82 Å². The number of hydrogen-bond acceptors (Lipinski definition) is 2. The standard InChI is InChI=1S/C15H15N3/c1-11-6-2-3-7-12(11)16-10-15-17-13-8-4-5-9-14(13)18-15/h2-9,16H,10H2,1H3,(H,17,18). The first-order valence-electron chi connectivity index (χ1n) is 6.06. The van der Waals surface area contributed by atoms with Gasteiger partial charge in [-0.05, 0) is 30.7 Å². The van der Waals surface area contributed by atoms with Crippen molar-refractivity contribution in [2.24, 2.45) is 0 Å². The number of aromatic amines is 1. The summed E-state index contributed by atoms with van der Waals surface area (Å²) in [7, 11) is 0. The highest BCUT2D eigenvalue weighted by molar-refractivity contribution is 5.74. The third-order valence-corrected chi connectivity index (χ3v) is 3.03. The van der Waals surface area contributed by atoms with Gasteiger partial charge in [-0.3, -0.25) is 0 Å². The van der Waals surface area contributed by atoms with Gasteiger partial charge in [0.25, 0.3) is 0 Å². The number of benzene rings is 2. The molecule has 0 atom stereocenters. The first kappa shape index (κ1) is 10.8. The van der Waals surface area contributed by atoms with E-state index in [-0.39, 0.29) is 0 Å². The Morgan fingerprint density at radius 2 is 1.83 bits per heavy atom. The van der Waals surface area contributed by atoms with E-state index in [0.717, 1.165) is 22.5 Å². The summed E-state index contributed by atoms with van der Waals surface area (Å²) in [5.74, 6) is 0.958. The first-order valence-corrected chi connectivity index (χ1v) is 6.06. The summed E-state index contributed by atoms with van der Waals surface area (Å²) in [5, 5.41) is 3.40. The number of aryl methyl sites for hydroxylation is 1. The number of aromatic nitrogens is 2. The van der Waals surface area contributed by atoms with Crippen molar-refractivity contribution >= 4 is 16.7 Å². The van der Waals surface area contributed by atoms with Crippen LogP contribution >= 0.6 is 0 Å². The molecule has 18 heavy (non-hydrogen) atoms. The highest BCUT2D eigenvalue weighted by atomic mass is 15.0. The van der Waals surface area contributed by atoms with Crippen molar-refractivity contribution in [1.29, 1.82) is 0 Å². The fourth-order valence-electron chi connectivity index (χ4n) is 2.04. The molecule has 0 saturated carbocycles. The number of fused-ring (bicyclic) bond motifs is 1. The molecule has 0 unspecified atom stereocenters. The number of H-pyrrole nitrogens is 1. The van der Waals surface area contributed by atoms with E-state index in [0.29, 0.717) is 6.54 Å². The van der Waals surface area contributed by atoms with Crippen LogP contribution in [0.3, 0.4) is 0 Å². The van der Waals surface area contributed by atoms with E-state index in [1.54, 1.807) is 0 Å². The van der Waals surface area contributed by atoms with Crippen LogP contribution in [0.5, 0.6) is 0 Å². The molecule has 1 heterocycles. The molecule has 3 rings (SSSR count). The third kappa shape index (κ3) is 2.07. The van der Waals surface area contributed by atoms with Crippen molar-refractivity contribution in [3.63, 3.8) is 0 Å². The second-order valence-electron chi connectivity index (χ2n) is 4.37. The van der Waals surface area contributed by atoms with Gasteiger partial charge in [-0.15, -0.1) is 0 Å². The predicted molar refractivity (Wildman–Crippen MR) is 74.6 cm³/mol. The number of hydrogen-bond donors (Lipinski definition) is 2. The van der Waals surface area contributed by atoms with Crippen molar-refractivity contribution in [2.75, 3.05) is 5.32 Å². The average Bonchev–Trinajstić information content (AvgIpc) is 2.80. The van der Waals surface area contributed by atoms with Crippen LogP contribution in [0.4, 0.5) is 5.69 Å². The van der Waals surface area contributed by atoms with E-state index in [1.807, 2.05) is 36.4 Å². The van der Waals surface area contributed by atoms with Crippen LogP contribution in [0, 0.1) is 6.92 Å². The molecule has 2 N–H and O–H groups in total. The zero-order valence-corrected chi connectivity index (χ0v) is 10.3. The van der Waals surface area contributed by atoms with Crippen LogP contribution in [0.1, 0.15) is 11.4 Å². The molecule has 0 aliphatic carbocycles. The quantitative estimate of drug-likeness (QED) is 0.732. The van der Waals surface area contributed by atoms with Gasteiger partial charge in [-0.1, -0.05) is 30.3 Å². The molecule has 0 spiro atoms. The highest BCUT2D eigenvalue weighted by Crippen LogP contribution is 2.15. The van der Waals surface area contributed by atoms with Crippen molar-refractivity contribution in [2.45, 2.75) is 13.5 Å². The lowest BCUT2D eigenvalue weighted by atomic mass is 10.2. The van der Waals surface area contributed by atoms with E-state index in [2.05, 4.69) is 34.3 Å². The van der Waals surface area contributed by atoms with E-state index in [9.17, 15) is 0 Å². The lowest BCUT2D eigenvalue weighted by Crippen LogP contribution is -2.02. The van der Waals surface area contributed by atoms with Gasteiger partial charge >= 0.3 is 0 Å². The Balaban J connectivity index is 1.79. The molecule has 0 amide bonds. The minimum absolute atomic E-state index is 0.708. The zero-order valence-electron chi connectivity index (χ0n) is 10.3. The molecule has 90 valence electrons. The van der Waals surface area contributed by atoms with Crippen LogP contribution in [0.2, 0.25) is 0 Å². The summed E-state index contributed by atoms with van der Waals surface area (Å²) in [4.78, 5) is 7.85. The topological polar surface area (TPSA) is 40.7 Å². The van der Waals surface area contributed by atoms with E-state index in [1.165, 1.54) is 5.56 Å². The summed E-state index contributed by atoms with van der Waals surface area (Å²) in [5.41, 5.74) is 4.49. The van der Waals surface area contributed by atoms with Crippen LogP contribution < -0.4 is 5.32 Å². The maximum Gasteiger partial charge on any atom is 0.126 e. The first-order chi connectivity index (χ1) is 8.83. The fraction of sp³-hybridized carbons (Fsp3) is 0.133. The Labute approximate surface area is 106 Å². The van der Waals surface area contributed by atoms with E-state index in [4.69, 9.17) is 0 Å². The molecule has 2 aromatic carbocycles. The molecule has 3 aromatic rings. The Hall–Kier alpha value is -2.29. The van der Waals surface area contributed by atoms with Gasteiger partial charge < -0.3 is 10.3 Å². The van der Waals surface area contributed by atoms with Gasteiger partial charge in [-0.25, -0.2) is 4.98 Å². The Kier molecular flexibility index (Phi) is 2.73. The number of anilines is 1. The summed E-state index contributed by atoms with van der Waals surface area (Å²) in [6, 6.07) is 16.3. The van der Waals surface area contributed by atoms with Gasteiger partial charge in [0.15, 0.2) is 0 Å². The molecule has 0 aliphatic rings. The second kappa shape index (κ2) is 4.53. The molecule has 0 radical (unpaired) electrons. The van der Waals surface area contributed by atoms with Gasteiger partial charge in [0.2, 0.25) is 0 Å². The monoisotopic (exact) mass is 237 g/mol. The second-order valence-corrected chi connectivity index (χ2v) is 4.37. The summed E-state index contributed by atoms with van der Waals surface area (Å²) in [6.45, 7) is 2.81. The predicted octanol–water partition coefficient (Wildman–Crippen LogP) is 3.48. The summed E-state index contributed by atoms with van der Waals surface area (Å²) in [6.07, 6.45) is 0. The van der Waals surface area contributed by atoms with Crippen molar-refractivity contribution < 1.29 is 0 Å². The van der Waals surface area contributed by atoms with Crippen molar-refractivity contribution in [3.05, 3.63) is 59.9 Å². The highest BCUT2D eigenvalue weighted by Gasteiger charge is 2.02. The normalized spacial score (nSPS) is 10.7. The average molecular weight is 237 g/mol. The lowest BCUT2D eigenvalue weighted by Gasteiger charge is -2.07. The molecule has 0 aliphatic heterocycles. The lowest BCUT2D eigenvalue weighted by molar-refractivity contribution is 1.01. The largest absolute Gasteiger partial charge is 0.378 e. The molecular weight excluding hydrogens is 222 g/mol. The molecule has 0 fully saturated rings. The smallest absolute Gasteiger partial charge is 0.126 e. The molecule has 1 aromatic heterocycles. The summed E-state index contributed by atoms with van der Waals surface area (Å²) < 4.78 is 0. The zero-order chi connectivity index (χ0) is 12.4. The van der Waals surface area contributed by atoms with Crippen LogP contribution in [0.25, 0.3) is 11.0 Å². The van der Waals surface area contributed by atoms with Crippen LogP contribution in [0.15, 0.2) is 48.5 Å².